The van der Waals surface area contributed by atoms with Crippen molar-refractivity contribution >= 4 is 29.1 Å². The molecule has 2 heterocycles. The number of nitrogens with zero attached hydrogens (tertiary/aromatic N) is 2. The van der Waals surface area contributed by atoms with Gasteiger partial charge in [-0.05, 0) is 52.7 Å². The maximum atomic E-state index is 13.7. The molecule has 1 fully saturated rings. The fraction of sp³-hybridized carbons (Fsp3) is 0.520. The molecule has 1 aliphatic carbocycles. The molecule has 10 nitrogen and oxygen atoms in total. The molecule has 1 aromatic heterocycles. The lowest BCUT2D eigenvalue weighted by Gasteiger charge is -2.39. The van der Waals surface area contributed by atoms with E-state index >= 15 is 0 Å². The molecule has 188 valence electrons. The molecule has 3 amide bonds. The minimum Gasteiger partial charge on any atom is -0.450 e. The predicted molar refractivity (Wildman–Crippen MR) is 127 cm³/mol. The van der Waals surface area contributed by atoms with Crippen LogP contribution in [-0.2, 0) is 9.47 Å². The maximum Gasteiger partial charge on any atom is 0.431 e. The van der Waals surface area contributed by atoms with E-state index in [1.165, 1.54) is 4.90 Å². The second kappa shape index (κ2) is 9.97. The lowest BCUT2D eigenvalue weighted by molar-refractivity contribution is -0.0128. The molecule has 1 atom stereocenters. The zero-order valence-corrected chi connectivity index (χ0v) is 20.5. The van der Waals surface area contributed by atoms with Gasteiger partial charge in [0, 0.05) is 6.04 Å². The van der Waals surface area contributed by atoms with E-state index in [1.807, 2.05) is 6.92 Å². The Hall–Kier alpha value is -3.56. The van der Waals surface area contributed by atoms with Gasteiger partial charge >= 0.3 is 12.2 Å². The molecular formula is C25H31N3O7. The highest BCUT2D eigenvalue weighted by atomic mass is 16.6. The van der Waals surface area contributed by atoms with Gasteiger partial charge in [-0.2, -0.15) is 5.01 Å². The minimum absolute atomic E-state index is 0.00317. The van der Waals surface area contributed by atoms with Gasteiger partial charge in [-0.15, -0.1) is 0 Å². The summed E-state index contributed by atoms with van der Waals surface area (Å²) in [6, 6.07) is 4.88. The zero-order chi connectivity index (χ0) is 25.3. The van der Waals surface area contributed by atoms with Gasteiger partial charge in [0.05, 0.1) is 23.7 Å². The molecule has 2 aromatic rings. The average Bonchev–Trinajstić information content (AvgIpc) is 3.10. The molecule has 10 heteroatoms. The van der Waals surface area contributed by atoms with Gasteiger partial charge in [0.2, 0.25) is 11.2 Å². The molecule has 1 aliphatic heterocycles. The van der Waals surface area contributed by atoms with Gasteiger partial charge in [-0.1, -0.05) is 30.9 Å². The smallest absolute Gasteiger partial charge is 0.431 e. The molecule has 0 saturated heterocycles. The van der Waals surface area contributed by atoms with Crippen LogP contribution in [0.4, 0.5) is 9.59 Å². The number of ether oxygens (including phenoxy) is 2. The summed E-state index contributed by atoms with van der Waals surface area (Å²) in [5.41, 5.74) is 3.10. The quantitative estimate of drug-likeness (QED) is 0.638. The molecule has 35 heavy (non-hydrogen) atoms. The van der Waals surface area contributed by atoms with E-state index in [1.54, 1.807) is 39.0 Å². The Bertz CT molecular complexity index is 1200. The number of hydrogen-bond acceptors (Lipinski definition) is 7. The van der Waals surface area contributed by atoms with Crippen LogP contribution in [-0.4, -0.2) is 46.8 Å². The van der Waals surface area contributed by atoms with Gasteiger partial charge in [0.1, 0.15) is 5.58 Å². The van der Waals surface area contributed by atoms with Gasteiger partial charge in [0.15, 0.2) is 6.17 Å². The van der Waals surface area contributed by atoms with Crippen molar-refractivity contribution in [1.29, 1.82) is 0 Å². The number of hydrazine groups is 1. The van der Waals surface area contributed by atoms with Crippen LogP contribution in [0.15, 0.2) is 27.4 Å². The van der Waals surface area contributed by atoms with Crippen LogP contribution in [0.2, 0.25) is 0 Å². The van der Waals surface area contributed by atoms with E-state index in [2.05, 4.69) is 5.43 Å². The summed E-state index contributed by atoms with van der Waals surface area (Å²) in [7, 11) is 0. The number of hydrogen-bond donors (Lipinski definition) is 1. The summed E-state index contributed by atoms with van der Waals surface area (Å²) in [5.74, 6) is -0.625. The standard InChI is InChI=1S/C25H31N3O7/c1-5-33-25(32)28(26-24(31)34-14(2)3)22-19-20(29)17-13-15(4)11-12-18(17)35-21(19)23(30)27(22)16-9-7-6-8-10-16/h11-14,16,22H,5-10H2,1-4H3,(H,26,31). The van der Waals surface area contributed by atoms with Crippen LogP contribution >= 0.6 is 0 Å². The largest absolute Gasteiger partial charge is 0.450 e. The van der Waals surface area contributed by atoms with Gasteiger partial charge in [-0.25, -0.2) is 15.0 Å². The van der Waals surface area contributed by atoms with Crippen molar-refractivity contribution in [3.8, 4) is 0 Å². The van der Waals surface area contributed by atoms with Gasteiger partial charge in [-0.3, -0.25) is 9.59 Å². The average molecular weight is 486 g/mol. The van der Waals surface area contributed by atoms with Crippen molar-refractivity contribution in [3.63, 3.8) is 0 Å². The first-order valence-electron chi connectivity index (χ1n) is 12.1. The van der Waals surface area contributed by atoms with Crippen molar-refractivity contribution in [2.45, 2.75) is 78.1 Å². The van der Waals surface area contributed by atoms with Crippen LogP contribution in [0.3, 0.4) is 0 Å². The number of fused-ring (bicyclic) bond motifs is 2. The van der Waals surface area contributed by atoms with E-state index < -0.39 is 35.8 Å². The van der Waals surface area contributed by atoms with Crippen molar-refractivity contribution in [2.75, 3.05) is 6.61 Å². The van der Waals surface area contributed by atoms with Crippen molar-refractivity contribution in [2.24, 2.45) is 0 Å². The summed E-state index contributed by atoms with van der Waals surface area (Å²) in [4.78, 5) is 54.6. The van der Waals surface area contributed by atoms with E-state index in [4.69, 9.17) is 13.9 Å². The lowest BCUT2D eigenvalue weighted by atomic mass is 9.94. The van der Waals surface area contributed by atoms with Crippen LogP contribution in [0.1, 0.15) is 80.7 Å². The monoisotopic (exact) mass is 485 g/mol. The van der Waals surface area contributed by atoms with Crippen molar-refractivity contribution in [1.82, 2.24) is 15.3 Å². The number of aryl methyl sites for hydroxylation is 1. The fourth-order valence-corrected chi connectivity index (χ4v) is 4.80. The highest BCUT2D eigenvalue weighted by molar-refractivity contribution is 5.99. The topological polar surface area (TPSA) is 118 Å². The summed E-state index contributed by atoms with van der Waals surface area (Å²) < 4.78 is 16.3. The molecule has 1 aromatic carbocycles. The number of carbonyl (C=O) groups excluding carboxylic acids is 3. The second-order valence-electron chi connectivity index (χ2n) is 9.19. The number of nitrogens with one attached hydrogen (secondary N) is 1. The SMILES string of the molecule is CCOC(=O)N(NC(=O)OC(C)C)C1c2c(oc3ccc(C)cc3c2=O)C(=O)N1C1CCCCC1. The molecule has 1 unspecified atom stereocenters. The molecule has 1 saturated carbocycles. The molecule has 1 N–H and O–H groups in total. The number of carbonyl (C=O) groups is 3. The molecule has 0 bridgehead atoms. The predicted octanol–water partition coefficient (Wildman–Crippen LogP) is 4.40. The first kappa shape index (κ1) is 24.6. The summed E-state index contributed by atoms with van der Waals surface area (Å²) in [6.45, 7) is 6.83. The Morgan fingerprint density at radius 1 is 1.20 bits per heavy atom. The zero-order valence-electron chi connectivity index (χ0n) is 20.5. The van der Waals surface area contributed by atoms with Crippen molar-refractivity contribution < 1.29 is 28.3 Å². The third-order valence-corrected chi connectivity index (χ3v) is 6.26. The van der Waals surface area contributed by atoms with E-state index in [9.17, 15) is 19.2 Å². The molecule has 2 aliphatic rings. The lowest BCUT2D eigenvalue weighted by Crippen LogP contribution is -2.55. The van der Waals surface area contributed by atoms with E-state index in [-0.39, 0.29) is 29.6 Å². The third kappa shape index (κ3) is 4.69. The Morgan fingerprint density at radius 3 is 2.57 bits per heavy atom. The van der Waals surface area contributed by atoms with E-state index in [0.717, 1.165) is 29.8 Å². The third-order valence-electron chi connectivity index (χ3n) is 6.26. The number of benzene rings is 1. The summed E-state index contributed by atoms with van der Waals surface area (Å²) in [6.07, 6.45) is 0.749. The number of rotatable bonds is 4. The van der Waals surface area contributed by atoms with Gasteiger partial charge < -0.3 is 18.8 Å². The maximum absolute atomic E-state index is 13.7. The first-order chi connectivity index (χ1) is 16.7. The van der Waals surface area contributed by atoms with Crippen LogP contribution < -0.4 is 10.9 Å². The first-order valence-corrected chi connectivity index (χ1v) is 12.1. The Balaban J connectivity index is 1.90. The van der Waals surface area contributed by atoms with Gasteiger partial charge in [0.25, 0.3) is 5.91 Å². The Kier molecular flexibility index (Phi) is 7.00. The van der Waals surface area contributed by atoms with Crippen molar-refractivity contribution in [3.05, 3.63) is 45.3 Å². The minimum atomic E-state index is -1.24. The number of amides is 3. The summed E-state index contributed by atoms with van der Waals surface area (Å²) >= 11 is 0. The molecule has 4 rings (SSSR count). The summed E-state index contributed by atoms with van der Waals surface area (Å²) in [5, 5.41) is 1.17. The van der Waals surface area contributed by atoms with E-state index in [0.29, 0.717) is 18.2 Å². The highest BCUT2D eigenvalue weighted by Crippen LogP contribution is 2.40. The van der Waals surface area contributed by atoms with Crippen LogP contribution in [0, 0.1) is 6.92 Å². The Labute approximate surface area is 203 Å². The Morgan fingerprint density at radius 2 is 1.91 bits per heavy atom. The fourth-order valence-electron chi connectivity index (χ4n) is 4.80. The van der Waals surface area contributed by atoms with Crippen LogP contribution in [0.5, 0.6) is 0 Å². The second-order valence-corrected chi connectivity index (χ2v) is 9.19. The molecule has 0 radical (unpaired) electrons. The molecular weight excluding hydrogens is 454 g/mol. The highest BCUT2D eigenvalue weighted by Gasteiger charge is 2.50. The molecule has 0 spiro atoms. The van der Waals surface area contributed by atoms with Crippen LogP contribution in [0.25, 0.3) is 11.0 Å². The normalized spacial score (nSPS) is 18.0.